The molecular weight excluding hydrogens is 210 g/mol. The Kier molecular flexibility index (Phi) is 3.23. The van der Waals surface area contributed by atoms with E-state index in [1.807, 2.05) is 0 Å². The van der Waals surface area contributed by atoms with Gasteiger partial charge in [-0.05, 0) is 31.2 Å². The number of rotatable bonds is 4. The number of carbonyl (C=O) groups is 1. The van der Waals surface area contributed by atoms with E-state index in [0.29, 0.717) is 5.92 Å². The van der Waals surface area contributed by atoms with Crippen molar-refractivity contribution in [1.29, 1.82) is 0 Å². The molecule has 0 aliphatic heterocycles. The molecule has 0 spiro atoms. The molecule has 1 N–H and O–H groups in total. The quantitative estimate of drug-likeness (QED) is 0.848. The monoisotopic (exact) mass is 231 g/mol. The second-order valence-electron chi connectivity index (χ2n) is 5.55. The van der Waals surface area contributed by atoms with Crippen molar-refractivity contribution in [1.82, 2.24) is 5.32 Å². The summed E-state index contributed by atoms with van der Waals surface area (Å²) in [5.74, 6) is 0.711. The van der Waals surface area contributed by atoms with Gasteiger partial charge in [0.05, 0.1) is 5.41 Å². The van der Waals surface area contributed by atoms with Gasteiger partial charge in [-0.2, -0.15) is 0 Å². The Morgan fingerprint density at radius 1 is 1.29 bits per heavy atom. The summed E-state index contributed by atoms with van der Waals surface area (Å²) in [4.78, 5) is 12.2. The minimum atomic E-state index is -0.220. The molecule has 1 aliphatic rings. The van der Waals surface area contributed by atoms with Crippen molar-refractivity contribution in [2.24, 2.45) is 5.92 Å². The first-order chi connectivity index (χ1) is 8.04. The summed E-state index contributed by atoms with van der Waals surface area (Å²) < 4.78 is 0. The molecule has 92 valence electrons. The maximum Gasteiger partial charge on any atom is 0.230 e. The van der Waals surface area contributed by atoms with Gasteiger partial charge in [-0.3, -0.25) is 4.79 Å². The Balaban J connectivity index is 2.08. The maximum absolute atomic E-state index is 12.2. The van der Waals surface area contributed by atoms with Gasteiger partial charge in [-0.1, -0.05) is 43.7 Å². The van der Waals surface area contributed by atoms with E-state index in [1.165, 1.54) is 11.1 Å². The molecule has 1 aromatic rings. The number of benzene rings is 1. The summed E-state index contributed by atoms with van der Waals surface area (Å²) in [5, 5.41) is 3.06. The van der Waals surface area contributed by atoms with Crippen LogP contribution in [0.5, 0.6) is 0 Å². The van der Waals surface area contributed by atoms with Crippen LogP contribution in [0.3, 0.4) is 0 Å². The second-order valence-corrected chi connectivity index (χ2v) is 5.55. The number of hydrogen-bond donors (Lipinski definition) is 1. The fourth-order valence-corrected chi connectivity index (χ4v) is 2.11. The average molecular weight is 231 g/mol. The molecule has 1 amide bonds. The van der Waals surface area contributed by atoms with Gasteiger partial charge in [0.1, 0.15) is 0 Å². The Morgan fingerprint density at radius 3 is 2.35 bits per heavy atom. The van der Waals surface area contributed by atoms with Crippen molar-refractivity contribution in [3.63, 3.8) is 0 Å². The molecule has 0 aromatic heterocycles. The highest BCUT2D eigenvalue weighted by molar-refractivity contribution is 5.91. The molecule has 1 aliphatic carbocycles. The van der Waals surface area contributed by atoms with Gasteiger partial charge in [0.15, 0.2) is 0 Å². The molecule has 2 heteroatoms. The third-order valence-corrected chi connectivity index (χ3v) is 3.46. The summed E-state index contributed by atoms with van der Waals surface area (Å²) in [6.45, 7) is 7.08. The Hall–Kier alpha value is -1.31. The minimum absolute atomic E-state index is 0.204. The van der Waals surface area contributed by atoms with Crippen molar-refractivity contribution in [3.8, 4) is 0 Å². The third kappa shape index (κ3) is 2.51. The number of nitrogens with one attached hydrogen (secondary N) is 1. The van der Waals surface area contributed by atoms with Crippen LogP contribution >= 0.6 is 0 Å². The van der Waals surface area contributed by atoms with Crippen LogP contribution in [0.2, 0.25) is 0 Å². The van der Waals surface area contributed by atoms with E-state index < -0.39 is 0 Å². The van der Waals surface area contributed by atoms with E-state index in [2.05, 4.69) is 50.4 Å². The van der Waals surface area contributed by atoms with E-state index in [4.69, 9.17) is 0 Å². The van der Waals surface area contributed by atoms with E-state index in [-0.39, 0.29) is 11.3 Å². The lowest BCUT2D eigenvalue weighted by molar-refractivity contribution is -0.123. The molecule has 1 saturated carbocycles. The normalized spacial score (nSPS) is 16.9. The molecule has 17 heavy (non-hydrogen) atoms. The highest BCUT2D eigenvalue weighted by Gasteiger charge is 2.50. The van der Waals surface area contributed by atoms with Gasteiger partial charge in [0.2, 0.25) is 5.91 Å². The molecule has 0 heterocycles. The highest BCUT2D eigenvalue weighted by atomic mass is 16.2. The topological polar surface area (TPSA) is 29.1 Å². The standard InChI is InChI=1S/C15H21NO/c1-11(2)10-16-14(17)15(8-9-15)13-6-4-12(3)5-7-13/h4-7,11H,8-10H2,1-3H3,(H,16,17). The first-order valence-corrected chi connectivity index (χ1v) is 6.40. The van der Waals surface area contributed by atoms with E-state index >= 15 is 0 Å². The molecule has 0 saturated heterocycles. The van der Waals surface area contributed by atoms with Crippen molar-refractivity contribution < 1.29 is 4.79 Å². The van der Waals surface area contributed by atoms with Crippen LogP contribution < -0.4 is 5.32 Å². The van der Waals surface area contributed by atoms with Crippen molar-refractivity contribution in [3.05, 3.63) is 35.4 Å². The van der Waals surface area contributed by atoms with Crippen LogP contribution in [0.4, 0.5) is 0 Å². The van der Waals surface area contributed by atoms with Gasteiger partial charge in [-0.25, -0.2) is 0 Å². The zero-order valence-corrected chi connectivity index (χ0v) is 10.9. The number of amides is 1. The van der Waals surface area contributed by atoms with Crippen LogP contribution in [0, 0.1) is 12.8 Å². The number of hydrogen-bond acceptors (Lipinski definition) is 1. The molecule has 2 rings (SSSR count). The summed E-state index contributed by atoms with van der Waals surface area (Å²) in [6, 6.07) is 8.37. The first kappa shape index (κ1) is 12.2. The van der Waals surface area contributed by atoms with Crippen LogP contribution in [0.15, 0.2) is 24.3 Å². The fourth-order valence-electron chi connectivity index (χ4n) is 2.11. The molecular formula is C15H21NO. The van der Waals surface area contributed by atoms with Crippen molar-refractivity contribution in [2.45, 2.75) is 39.0 Å². The predicted molar refractivity (Wildman–Crippen MR) is 69.9 cm³/mol. The molecule has 1 aromatic carbocycles. The van der Waals surface area contributed by atoms with Gasteiger partial charge < -0.3 is 5.32 Å². The second kappa shape index (κ2) is 4.52. The van der Waals surface area contributed by atoms with Crippen molar-refractivity contribution >= 4 is 5.91 Å². The largest absolute Gasteiger partial charge is 0.355 e. The Morgan fingerprint density at radius 2 is 1.88 bits per heavy atom. The summed E-state index contributed by atoms with van der Waals surface area (Å²) in [7, 11) is 0. The van der Waals surface area contributed by atoms with Crippen LogP contribution in [0.25, 0.3) is 0 Å². The molecule has 0 unspecified atom stereocenters. The van der Waals surface area contributed by atoms with E-state index in [9.17, 15) is 4.79 Å². The molecule has 0 radical (unpaired) electrons. The Labute approximate surface area is 103 Å². The van der Waals surface area contributed by atoms with Gasteiger partial charge >= 0.3 is 0 Å². The molecule has 1 fully saturated rings. The fraction of sp³-hybridized carbons (Fsp3) is 0.533. The van der Waals surface area contributed by atoms with Crippen LogP contribution in [-0.4, -0.2) is 12.5 Å². The minimum Gasteiger partial charge on any atom is -0.355 e. The summed E-state index contributed by atoms with van der Waals surface area (Å²) in [6.07, 6.45) is 1.97. The smallest absolute Gasteiger partial charge is 0.230 e. The zero-order valence-electron chi connectivity index (χ0n) is 10.9. The Bertz CT molecular complexity index is 401. The van der Waals surface area contributed by atoms with Gasteiger partial charge in [-0.15, -0.1) is 0 Å². The van der Waals surface area contributed by atoms with E-state index in [0.717, 1.165) is 19.4 Å². The predicted octanol–water partition coefficient (Wildman–Crippen LogP) is 2.80. The lowest BCUT2D eigenvalue weighted by Gasteiger charge is -2.17. The van der Waals surface area contributed by atoms with Crippen LogP contribution in [-0.2, 0) is 10.2 Å². The maximum atomic E-state index is 12.2. The van der Waals surface area contributed by atoms with Crippen LogP contribution in [0.1, 0.15) is 37.8 Å². The lowest BCUT2D eigenvalue weighted by atomic mass is 9.94. The number of carbonyl (C=O) groups excluding carboxylic acids is 1. The zero-order chi connectivity index (χ0) is 12.5. The molecule has 2 nitrogen and oxygen atoms in total. The summed E-state index contributed by atoms with van der Waals surface area (Å²) in [5.41, 5.74) is 2.19. The average Bonchev–Trinajstić information content (AvgIpc) is 3.08. The SMILES string of the molecule is Cc1ccc(C2(C(=O)NCC(C)C)CC2)cc1. The first-order valence-electron chi connectivity index (χ1n) is 6.40. The van der Waals surface area contributed by atoms with Crippen molar-refractivity contribution in [2.75, 3.05) is 6.54 Å². The molecule has 0 atom stereocenters. The lowest BCUT2D eigenvalue weighted by Crippen LogP contribution is -2.36. The van der Waals surface area contributed by atoms with E-state index in [1.54, 1.807) is 0 Å². The van der Waals surface area contributed by atoms with Gasteiger partial charge in [0.25, 0.3) is 0 Å². The summed E-state index contributed by atoms with van der Waals surface area (Å²) >= 11 is 0. The molecule has 0 bridgehead atoms. The third-order valence-electron chi connectivity index (χ3n) is 3.46. The van der Waals surface area contributed by atoms with Gasteiger partial charge in [0, 0.05) is 6.54 Å². The highest BCUT2D eigenvalue weighted by Crippen LogP contribution is 2.48. The number of aryl methyl sites for hydroxylation is 1.